The van der Waals surface area contributed by atoms with E-state index in [9.17, 15) is 9.59 Å². The summed E-state index contributed by atoms with van der Waals surface area (Å²) in [5.41, 5.74) is 0. The van der Waals surface area contributed by atoms with Gasteiger partial charge in [0, 0.05) is 11.4 Å². The Balaban J connectivity index is 1.96. The van der Waals surface area contributed by atoms with Gasteiger partial charge in [-0.1, -0.05) is 81.5 Å². The lowest BCUT2D eigenvalue weighted by Crippen LogP contribution is -2.28. The second-order valence-corrected chi connectivity index (χ2v) is 7.86. The van der Waals surface area contributed by atoms with Gasteiger partial charge in [-0.15, -0.1) is 0 Å². The summed E-state index contributed by atoms with van der Waals surface area (Å²) in [6.45, 7) is 2.38. The summed E-state index contributed by atoms with van der Waals surface area (Å²) in [4.78, 5) is 23.4. The number of benzene rings is 1. The number of rotatable bonds is 16. The van der Waals surface area contributed by atoms with Crippen molar-refractivity contribution < 1.29 is 19.1 Å². The van der Waals surface area contributed by atoms with Crippen molar-refractivity contribution in [3.8, 4) is 5.75 Å². The number of esters is 1. The van der Waals surface area contributed by atoms with Crippen LogP contribution in [-0.2, 0) is 14.3 Å². The lowest BCUT2D eigenvalue weighted by molar-refractivity contribution is -0.146. The molecule has 0 aliphatic heterocycles. The molecule has 1 aromatic carbocycles. The Morgan fingerprint density at radius 1 is 0.966 bits per heavy atom. The molecule has 0 bridgehead atoms. The van der Waals surface area contributed by atoms with Crippen LogP contribution in [0.15, 0.2) is 18.2 Å². The van der Waals surface area contributed by atoms with Gasteiger partial charge in [0.05, 0.1) is 11.6 Å². The highest BCUT2D eigenvalue weighted by atomic mass is 35.5. The maximum absolute atomic E-state index is 11.8. The van der Waals surface area contributed by atoms with E-state index in [4.69, 9.17) is 32.7 Å². The Morgan fingerprint density at radius 2 is 1.62 bits per heavy atom. The van der Waals surface area contributed by atoms with Gasteiger partial charge in [0.25, 0.3) is 0 Å². The number of nitrogens with one attached hydrogen (secondary N) is 1. The first kappa shape index (κ1) is 25.6. The molecule has 1 aromatic rings. The average Bonchev–Trinajstić information content (AvgIpc) is 2.69. The zero-order valence-electron chi connectivity index (χ0n) is 17.3. The van der Waals surface area contributed by atoms with E-state index < -0.39 is 5.97 Å². The normalized spacial score (nSPS) is 10.6. The highest BCUT2D eigenvalue weighted by Gasteiger charge is 2.08. The summed E-state index contributed by atoms with van der Waals surface area (Å²) >= 11 is 11.8. The van der Waals surface area contributed by atoms with Crippen LogP contribution in [0.1, 0.15) is 71.1 Å². The monoisotopic (exact) mass is 445 g/mol. The zero-order valence-corrected chi connectivity index (χ0v) is 18.8. The number of ether oxygens (including phenoxy) is 2. The van der Waals surface area contributed by atoms with Gasteiger partial charge in [-0.3, -0.25) is 4.79 Å². The molecule has 1 rings (SSSR count). The predicted molar refractivity (Wildman–Crippen MR) is 118 cm³/mol. The predicted octanol–water partition coefficient (Wildman–Crippen LogP) is 5.95. The van der Waals surface area contributed by atoms with Crippen LogP contribution in [0.4, 0.5) is 0 Å². The number of amides is 1. The Hall–Kier alpha value is -1.46. The van der Waals surface area contributed by atoms with Crippen molar-refractivity contribution in [3.63, 3.8) is 0 Å². The Labute approximate surface area is 184 Å². The van der Waals surface area contributed by atoms with Gasteiger partial charge in [0.2, 0.25) is 5.91 Å². The van der Waals surface area contributed by atoms with E-state index in [1.165, 1.54) is 51.0 Å². The molecule has 0 aliphatic rings. The van der Waals surface area contributed by atoms with Crippen LogP contribution < -0.4 is 10.1 Å². The van der Waals surface area contributed by atoms with Gasteiger partial charge in [-0.2, -0.15) is 0 Å². The number of carbonyl (C=O) groups excluding carboxylic acids is 2. The molecule has 1 N–H and O–H groups in total. The first-order valence-corrected chi connectivity index (χ1v) is 11.3. The quantitative estimate of drug-likeness (QED) is 0.252. The van der Waals surface area contributed by atoms with Crippen molar-refractivity contribution in [1.82, 2.24) is 5.32 Å². The second-order valence-electron chi connectivity index (χ2n) is 7.01. The van der Waals surface area contributed by atoms with Crippen LogP contribution in [0.2, 0.25) is 10.0 Å². The summed E-state index contributed by atoms with van der Waals surface area (Å²) < 4.78 is 10.3. The molecule has 29 heavy (non-hydrogen) atoms. The molecule has 0 aliphatic carbocycles. The first-order chi connectivity index (χ1) is 14.0. The molecule has 0 aromatic heterocycles. The number of unbranched alkanes of at least 4 members (excludes halogenated alkanes) is 8. The Kier molecular flexibility index (Phi) is 14.4. The topological polar surface area (TPSA) is 64.6 Å². The summed E-state index contributed by atoms with van der Waals surface area (Å²) in [5.74, 6) is -0.167. The molecular formula is C22H33Cl2NO4. The van der Waals surface area contributed by atoms with Gasteiger partial charge in [-0.05, 0) is 24.6 Å². The van der Waals surface area contributed by atoms with E-state index in [1.807, 2.05) is 0 Å². The molecule has 0 spiro atoms. The van der Waals surface area contributed by atoms with Gasteiger partial charge in [0.15, 0.2) is 6.61 Å². The van der Waals surface area contributed by atoms with E-state index in [0.717, 1.165) is 12.8 Å². The minimum absolute atomic E-state index is 0.00630. The van der Waals surface area contributed by atoms with E-state index in [-0.39, 0.29) is 19.1 Å². The lowest BCUT2D eigenvalue weighted by Gasteiger charge is -2.09. The van der Waals surface area contributed by atoms with Crippen molar-refractivity contribution in [2.45, 2.75) is 71.1 Å². The molecule has 7 heteroatoms. The summed E-state index contributed by atoms with van der Waals surface area (Å²) in [6, 6.07) is 4.74. The number of hydrogen-bond acceptors (Lipinski definition) is 4. The number of carbonyl (C=O) groups is 2. The minimum atomic E-state index is -0.524. The highest BCUT2D eigenvalue weighted by molar-refractivity contribution is 6.35. The fourth-order valence-corrected chi connectivity index (χ4v) is 3.27. The zero-order chi connectivity index (χ0) is 21.3. The smallest absolute Gasteiger partial charge is 0.344 e. The molecule has 5 nitrogen and oxygen atoms in total. The van der Waals surface area contributed by atoms with Gasteiger partial charge in [-0.25, -0.2) is 4.79 Å². The van der Waals surface area contributed by atoms with Gasteiger partial charge >= 0.3 is 5.97 Å². The van der Waals surface area contributed by atoms with E-state index in [1.54, 1.807) is 12.1 Å². The van der Waals surface area contributed by atoms with Gasteiger partial charge in [0.1, 0.15) is 12.4 Å². The third-order valence-electron chi connectivity index (χ3n) is 4.43. The van der Waals surface area contributed by atoms with Crippen LogP contribution in [0.5, 0.6) is 5.75 Å². The van der Waals surface area contributed by atoms with Crippen molar-refractivity contribution in [2.75, 3.05) is 19.8 Å². The molecule has 164 valence electrons. The Morgan fingerprint density at radius 3 is 2.28 bits per heavy atom. The van der Waals surface area contributed by atoms with Crippen molar-refractivity contribution in [2.24, 2.45) is 0 Å². The minimum Gasteiger partial charge on any atom is -0.480 e. The van der Waals surface area contributed by atoms with Crippen LogP contribution in [-0.4, -0.2) is 31.6 Å². The standard InChI is InChI=1S/C22H33Cl2NO4/c1-2-3-4-5-6-7-8-9-10-11-21(26)25-14-15-28-22(27)17-29-20-13-12-18(23)16-19(20)24/h12-13,16H,2-11,14-15,17H2,1H3,(H,25,26). The molecular weight excluding hydrogens is 413 g/mol. The first-order valence-electron chi connectivity index (χ1n) is 10.5. The Bertz CT molecular complexity index is 610. The molecule has 0 saturated carbocycles. The van der Waals surface area contributed by atoms with Crippen molar-refractivity contribution in [3.05, 3.63) is 28.2 Å². The number of halogens is 2. The maximum Gasteiger partial charge on any atom is 0.344 e. The fourth-order valence-electron chi connectivity index (χ4n) is 2.81. The van der Waals surface area contributed by atoms with Crippen LogP contribution in [0.3, 0.4) is 0 Å². The number of hydrogen-bond donors (Lipinski definition) is 1. The third-order valence-corrected chi connectivity index (χ3v) is 4.96. The van der Waals surface area contributed by atoms with Crippen molar-refractivity contribution in [1.29, 1.82) is 0 Å². The molecule has 0 radical (unpaired) electrons. The van der Waals surface area contributed by atoms with Crippen LogP contribution in [0.25, 0.3) is 0 Å². The van der Waals surface area contributed by atoms with E-state index in [2.05, 4.69) is 12.2 Å². The lowest BCUT2D eigenvalue weighted by atomic mass is 10.1. The average molecular weight is 446 g/mol. The SMILES string of the molecule is CCCCCCCCCCCC(=O)NCCOC(=O)COc1ccc(Cl)cc1Cl. The van der Waals surface area contributed by atoms with Gasteiger partial charge < -0.3 is 14.8 Å². The van der Waals surface area contributed by atoms with Crippen LogP contribution in [0, 0.1) is 0 Å². The molecule has 0 heterocycles. The second kappa shape index (κ2) is 16.3. The highest BCUT2D eigenvalue weighted by Crippen LogP contribution is 2.27. The maximum atomic E-state index is 11.8. The largest absolute Gasteiger partial charge is 0.480 e. The van der Waals surface area contributed by atoms with E-state index >= 15 is 0 Å². The van der Waals surface area contributed by atoms with Crippen LogP contribution >= 0.6 is 23.2 Å². The molecule has 1 amide bonds. The summed E-state index contributed by atoms with van der Waals surface area (Å²) in [5, 5.41) is 3.58. The summed E-state index contributed by atoms with van der Waals surface area (Å²) in [7, 11) is 0. The third kappa shape index (κ3) is 13.4. The molecule has 0 saturated heterocycles. The van der Waals surface area contributed by atoms with E-state index in [0.29, 0.717) is 28.8 Å². The van der Waals surface area contributed by atoms with Crippen molar-refractivity contribution >= 4 is 35.1 Å². The molecule has 0 atom stereocenters. The fraction of sp³-hybridized carbons (Fsp3) is 0.636. The molecule has 0 fully saturated rings. The summed E-state index contributed by atoms with van der Waals surface area (Å²) in [6.07, 6.45) is 11.5. The molecule has 0 unspecified atom stereocenters.